The minimum atomic E-state index is -4.52. The second-order valence-electron chi connectivity index (χ2n) is 11.0. The van der Waals surface area contributed by atoms with E-state index in [4.69, 9.17) is 0 Å². The quantitative estimate of drug-likeness (QED) is 0.428. The third kappa shape index (κ3) is 5.75. The van der Waals surface area contributed by atoms with Gasteiger partial charge in [-0.05, 0) is 54.2 Å². The Balaban J connectivity index is 1.32. The van der Waals surface area contributed by atoms with Crippen LogP contribution in [0.4, 0.5) is 0 Å². The van der Waals surface area contributed by atoms with E-state index in [1.165, 1.54) is 23.2 Å². The number of aromatic nitrogens is 1. The predicted molar refractivity (Wildman–Crippen MR) is 156 cm³/mol. The molecular weight excluding hydrogens is 556 g/mol. The molecule has 3 atom stereocenters. The van der Waals surface area contributed by atoms with Crippen molar-refractivity contribution in [3.8, 4) is 11.1 Å². The Kier molecular flexibility index (Phi) is 8.33. The number of hydrogen-bond donors (Lipinski definition) is 1. The molecule has 0 aliphatic carbocycles. The summed E-state index contributed by atoms with van der Waals surface area (Å²) in [5.41, 5.74) is 2.25. The highest BCUT2D eigenvalue weighted by Crippen LogP contribution is 2.33. The van der Waals surface area contributed by atoms with Gasteiger partial charge in [0.1, 0.15) is 12.1 Å². The normalized spacial score (nSPS) is 19.5. The summed E-state index contributed by atoms with van der Waals surface area (Å²) >= 11 is 0. The number of amides is 2. The molecule has 3 heterocycles. The highest BCUT2D eigenvalue weighted by molar-refractivity contribution is 8.04. The van der Waals surface area contributed by atoms with Crippen LogP contribution in [0.25, 0.3) is 11.1 Å². The molecule has 218 valence electrons. The van der Waals surface area contributed by atoms with Gasteiger partial charge in [-0.15, -0.1) is 0 Å². The number of carbonyl (C=O) groups excluding carboxylic acids is 4. The zero-order chi connectivity index (χ0) is 30.0. The number of carbonyl (C=O) groups is 4. The van der Waals surface area contributed by atoms with Crippen molar-refractivity contribution >= 4 is 32.7 Å². The van der Waals surface area contributed by atoms with Crippen molar-refractivity contribution in [2.24, 2.45) is 5.92 Å². The van der Waals surface area contributed by atoms with E-state index in [0.717, 1.165) is 21.6 Å². The number of Topliss-reactive ketones (excluding diaryl/α,β-unsaturated/α-hetero) is 1. The molecule has 2 saturated heterocycles. The first-order valence-electron chi connectivity index (χ1n) is 13.8. The zero-order valence-corrected chi connectivity index (χ0v) is 24.2. The average molecular weight is 589 g/mol. The second kappa shape index (κ2) is 11.9. The standard InChI is InChI=1S/C31H32N4O6S/c1-20(2)17-25(33-29(37)23-12-10-22(11-13-23)21-7-4-3-5-8-21)30(38)34-16-14-26-28(34)27(36)19-35(26)42(40,41)31(39)24-9-6-15-32-18-24/h3-13,15,18,20,25-26,28H,14,16-17,19H2,1-2H3,(H,33,37). The fourth-order valence-electron chi connectivity index (χ4n) is 5.66. The summed E-state index contributed by atoms with van der Waals surface area (Å²) in [5, 5.41) is 1.70. The van der Waals surface area contributed by atoms with Gasteiger partial charge in [0.2, 0.25) is 5.91 Å². The number of nitrogens with zero attached hydrogens (tertiary/aromatic N) is 3. The summed E-state index contributed by atoms with van der Waals surface area (Å²) in [7, 11) is -4.52. The lowest BCUT2D eigenvalue weighted by atomic mass is 10.0. The first kappa shape index (κ1) is 29.3. The van der Waals surface area contributed by atoms with E-state index in [9.17, 15) is 27.6 Å². The van der Waals surface area contributed by atoms with Gasteiger partial charge in [-0.2, -0.15) is 4.31 Å². The smallest absolute Gasteiger partial charge is 0.293 e. The van der Waals surface area contributed by atoms with Gasteiger partial charge in [-0.1, -0.05) is 56.3 Å². The maximum atomic E-state index is 13.8. The van der Waals surface area contributed by atoms with Crippen LogP contribution in [0.15, 0.2) is 79.1 Å². The summed E-state index contributed by atoms with van der Waals surface area (Å²) in [6, 6.07) is 16.8. The van der Waals surface area contributed by atoms with Crippen LogP contribution in [-0.2, 0) is 19.6 Å². The fourth-order valence-corrected chi connectivity index (χ4v) is 7.16. The number of nitrogens with one attached hydrogen (secondary N) is 1. The molecule has 0 saturated carbocycles. The summed E-state index contributed by atoms with van der Waals surface area (Å²) in [6.45, 7) is 3.48. The number of pyridine rings is 1. The minimum Gasteiger partial charge on any atom is -0.340 e. The van der Waals surface area contributed by atoms with Crippen LogP contribution in [0.1, 0.15) is 47.4 Å². The molecule has 2 aromatic carbocycles. The zero-order valence-electron chi connectivity index (χ0n) is 23.3. The Hall–Kier alpha value is -4.22. The topological polar surface area (TPSA) is 134 Å². The third-order valence-electron chi connectivity index (χ3n) is 7.67. The number of ketones is 1. The monoisotopic (exact) mass is 588 g/mol. The van der Waals surface area contributed by atoms with Crippen LogP contribution in [0.3, 0.4) is 0 Å². The molecule has 3 unspecified atom stereocenters. The summed E-state index contributed by atoms with van der Waals surface area (Å²) < 4.78 is 27.4. The number of likely N-dealkylation sites (tertiary alicyclic amines) is 1. The molecule has 1 N–H and O–H groups in total. The maximum absolute atomic E-state index is 13.8. The third-order valence-corrected chi connectivity index (χ3v) is 9.39. The predicted octanol–water partition coefficient (Wildman–Crippen LogP) is 2.92. The van der Waals surface area contributed by atoms with Crippen LogP contribution in [0.2, 0.25) is 0 Å². The van der Waals surface area contributed by atoms with Gasteiger partial charge in [-0.25, -0.2) is 8.42 Å². The Morgan fingerprint density at radius 1 is 0.952 bits per heavy atom. The second-order valence-corrected chi connectivity index (χ2v) is 12.8. The van der Waals surface area contributed by atoms with Crippen molar-refractivity contribution in [3.05, 3.63) is 90.3 Å². The van der Waals surface area contributed by atoms with Gasteiger partial charge in [-0.3, -0.25) is 24.2 Å². The maximum Gasteiger partial charge on any atom is 0.293 e. The molecule has 5 rings (SSSR count). The van der Waals surface area contributed by atoms with E-state index in [2.05, 4.69) is 10.3 Å². The molecule has 0 spiro atoms. The van der Waals surface area contributed by atoms with Crippen molar-refractivity contribution in [2.45, 2.75) is 44.8 Å². The minimum absolute atomic E-state index is 0.0476. The van der Waals surface area contributed by atoms with Gasteiger partial charge in [0.15, 0.2) is 5.78 Å². The summed E-state index contributed by atoms with van der Waals surface area (Å²) in [5.74, 6) is -1.28. The lowest BCUT2D eigenvalue weighted by Crippen LogP contribution is -2.53. The Morgan fingerprint density at radius 2 is 1.64 bits per heavy atom. The average Bonchev–Trinajstić information content (AvgIpc) is 3.58. The van der Waals surface area contributed by atoms with Gasteiger partial charge in [0.05, 0.1) is 18.2 Å². The van der Waals surface area contributed by atoms with Crippen molar-refractivity contribution in [1.82, 2.24) is 19.5 Å². The molecule has 10 nitrogen and oxygen atoms in total. The van der Waals surface area contributed by atoms with Gasteiger partial charge >= 0.3 is 0 Å². The molecule has 0 radical (unpaired) electrons. The van der Waals surface area contributed by atoms with Crippen molar-refractivity contribution in [2.75, 3.05) is 13.1 Å². The summed E-state index contributed by atoms with van der Waals surface area (Å²) in [6.07, 6.45) is 3.11. The Morgan fingerprint density at radius 3 is 2.29 bits per heavy atom. The first-order chi connectivity index (χ1) is 20.1. The van der Waals surface area contributed by atoms with E-state index in [1.54, 1.807) is 12.1 Å². The molecule has 0 bridgehead atoms. The number of hydrogen-bond acceptors (Lipinski definition) is 7. The van der Waals surface area contributed by atoms with Crippen LogP contribution >= 0.6 is 0 Å². The van der Waals surface area contributed by atoms with Gasteiger partial charge in [0.25, 0.3) is 21.0 Å². The highest BCUT2D eigenvalue weighted by Gasteiger charge is 2.55. The van der Waals surface area contributed by atoms with Gasteiger partial charge < -0.3 is 10.2 Å². The van der Waals surface area contributed by atoms with Gasteiger partial charge in [0, 0.05) is 24.5 Å². The SMILES string of the molecule is CC(C)CC(NC(=O)c1ccc(-c2ccccc2)cc1)C(=O)N1CCC2C1C(=O)CN2S(=O)(=O)C(=O)c1cccnc1. The van der Waals surface area contributed by atoms with Crippen LogP contribution in [-0.4, -0.2) is 76.5 Å². The molecule has 2 amide bonds. The molecule has 2 aliphatic rings. The van der Waals surface area contributed by atoms with E-state index in [1.807, 2.05) is 56.3 Å². The molecule has 3 aromatic rings. The molecule has 11 heteroatoms. The fraction of sp³-hybridized carbons (Fsp3) is 0.323. The molecule has 2 aliphatic heterocycles. The summed E-state index contributed by atoms with van der Waals surface area (Å²) in [4.78, 5) is 58.1. The van der Waals surface area contributed by atoms with Crippen LogP contribution in [0, 0.1) is 5.92 Å². The molecule has 1 aromatic heterocycles. The lowest BCUT2D eigenvalue weighted by molar-refractivity contribution is -0.138. The van der Waals surface area contributed by atoms with Crippen LogP contribution in [0.5, 0.6) is 0 Å². The lowest BCUT2D eigenvalue weighted by Gasteiger charge is -2.29. The van der Waals surface area contributed by atoms with E-state index in [0.29, 0.717) is 12.0 Å². The molecular formula is C31H32N4O6S. The van der Waals surface area contributed by atoms with Crippen LogP contribution < -0.4 is 5.32 Å². The number of sulfonamides is 1. The largest absolute Gasteiger partial charge is 0.340 e. The first-order valence-corrected chi connectivity index (χ1v) is 15.3. The van der Waals surface area contributed by atoms with E-state index in [-0.39, 0.29) is 24.4 Å². The Bertz CT molecular complexity index is 1590. The number of benzene rings is 2. The van der Waals surface area contributed by atoms with Crippen molar-refractivity contribution in [3.63, 3.8) is 0 Å². The van der Waals surface area contributed by atoms with E-state index >= 15 is 0 Å². The Labute approximate surface area is 244 Å². The van der Waals surface area contributed by atoms with Crippen molar-refractivity contribution < 1.29 is 27.6 Å². The highest BCUT2D eigenvalue weighted by atomic mass is 32.2. The number of fused-ring (bicyclic) bond motifs is 1. The molecule has 42 heavy (non-hydrogen) atoms. The van der Waals surface area contributed by atoms with E-state index < -0.39 is 57.4 Å². The number of rotatable bonds is 8. The van der Waals surface area contributed by atoms with Crippen molar-refractivity contribution in [1.29, 1.82) is 0 Å². The molecule has 2 fully saturated rings.